The first-order valence-corrected chi connectivity index (χ1v) is 6.52. The van der Waals surface area contributed by atoms with E-state index in [-0.39, 0.29) is 22.9 Å². The van der Waals surface area contributed by atoms with Crippen LogP contribution in [-0.2, 0) is 18.3 Å². The molecule has 20 heavy (non-hydrogen) atoms. The minimum atomic E-state index is -0.979. The molecule has 0 atom stereocenters. The zero-order chi connectivity index (χ0) is 14.9. The zero-order valence-corrected chi connectivity index (χ0v) is 12.1. The molecule has 0 spiro atoms. The van der Waals surface area contributed by atoms with E-state index < -0.39 is 5.97 Å². The van der Waals surface area contributed by atoms with Gasteiger partial charge in [-0.3, -0.25) is 9.59 Å². The molecule has 0 fully saturated rings. The average molecular weight is 312 g/mol. The van der Waals surface area contributed by atoms with Gasteiger partial charge < -0.3 is 9.67 Å². The quantitative estimate of drug-likeness (QED) is 0.882. The third kappa shape index (κ3) is 2.86. The van der Waals surface area contributed by atoms with Crippen molar-refractivity contribution in [2.24, 2.45) is 7.05 Å². The lowest BCUT2D eigenvalue weighted by atomic mass is 10.1. The van der Waals surface area contributed by atoms with Crippen LogP contribution in [0.5, 0.6) is 0 Å². The van der Waals surface area contributed by atoms with Crippen molar-refractivity contribution in [2.45, 2.75) is 6.42 Å². The highest BCUT2D eigenvalue weighted by molar-refractivity contribution is 6.35. The van der Waals surface area contributed by atoms with Crippen LogP contribution in [0.15, 0.2) is 30.3 Å². The van der Waals surface area contributed by atoms with Crippen molar-refractivity contribution in [3.8, 4) is 0 Å². The molecule has 104 valence electrons. The molecule has 0 aliphatic heterocycles. The lowest BCUT2D eigenvalue weighted by Gasteiger charge is -2.06. The van der Waals surface area contributed by atoms with Crippen LogP contribution < -0.4 is 0 Å². The number of halogens is 2. The second kappa shape index (κ2) is 5.69. The Labute approximate surface area is 125 Å². The van der Waals surface area contributed by atoms with Crippen LogP contribution in [0, 0.1) is 0 Å². The maximum absolute atomic E-state index is 12.4. The smallest absolute Gasteiger partial charge is 0.309 e. The topological polar surface area (TPSA) is 59.3 Å². The second-order valence-corrected chi connectivity index (χ2v) is 5.14. The molecule has 0 amide bonds. The number of carboxylic acids is 1. The Balaban J connectivity index is 2.42. The van der Waals surface area contributed by atoms with E-state index in [0.29, 0.717) is 16.3 Å². The van der Waals surface area contributed by atoms with Gasteiger partial charge in [0.1, 0.15) is 5.69 Å². The fourth-order valence-electron chi connectivity index (χ4n) is 1.94. The lowest BCUT2D eigenvalue weighted by Crippen LogP contribution is -2.11. The second-order valence-electron chi connectivity index (χ2n) is 4.30. The molecule has 2 rings (SSSR count). The van der Waals surface area contributed by atoms with Crippen LogP contribution in [0.3, 0.4) is 0 Å². The molecule has 0 radical (unpaired) electrons. The third-order valence-electron chi connectivity index (χ3n) is 2.94. The van der Waals surface area contributed by atoms with E-state index in [1.165, 1.54) is 10.6 Å². The highest BCUT2D eigenvalue weighted by atomic mass is 35.5. The van der Waals surface area contributed by atoms with Crippen LogP contribution >= 0.6 is 23.2 Å². The minimum absolute atomic E-state index is 0.190. The van der Waals surface area contributed by atoms with E-state index in [1.807, 2.05) is 0 Å². The first kappa shape index (κ1) is 14.6. The summed E-state index contributed by atoms with van der Waals surface area (Å²) in [6.07, 6.45) is -0.190. The summed E-state index contributed by atoms with van der Waals surface area (Å²) in [4.78, 5) is 23.2. The number of ketones is 1. The summed E-state index contributed by atoms with van der Waals surface area (Å²) in [7, 11) is 1.62. The number of aliphatic carboxylic acids is 1. The summed E-state index contributed by atoms with van der Waals surface area (Å²) in [5.74, 6) is -1.25. The van der Waals surface area contributed by atoms with Gasteiger partial charge in [0.25, 0.3) is 0 Å². The molecule has 1 N–H and O–H groups in total. The van der Waals surface area contributed by atoms with E-state index in [2.05, 4.69) is 0 Å². The normalized spacial score (nSPS) is 10.6. The summed E-state index contributed by atoms with van der Waals surface area (Å²) in [6, 6.07) is 7.93. The van der Waals surface area contributed by atoms with Crippen molar-refractivity contribution < 1.29 is 14.7 Å². The van der Waals surface area contributed by atoms with Gasteiger partial charge in [0, 0.05) is 23.3 Å². The number of carbonyl (C=O) groups is 2. The number of aromatic nitrogens is 1. The minimum Gasteiger partial charge on any atom is -0.481 e. The SMILES string of the molecule is Cn1c(CC(=O)O)cc(Cl)c1C(=O)c1ccc(Cl)cc1. The molecule has 1 aromatic heterocycles. The molecular weight excluding hydrogens is 301 g/mol. The molecule has 0 saturated heterocycles. The van der Waals surface area contributed by atoms with Crippen LogP contribution in [0.4, 0.5) is 0 Å². The van der Waals surface area contributed by atoms with Crippen molar-refractivity contribution in [3.05, 3.63) is 57.3 Å². The number of carbonyl (C=O) groups excluding carboxylic acids is 1. The Morgan fingerprint density at radius 3 is 2.35 bits per heavy atom. The highest BCUT2D eigenvalue weighted by Gasteiger charge is 2.20. The number of hydrogen-bond donors (Lipinski definition) is 1. The van der Waals surface area contributed by atoms with E-state index in [4.69, 9.17) is 28.3 Å². The first-order valence-electron chi connectivity index (χ1n) is 5.76. The van der Waals surface area contributed by atoms with E-state index >= 15 is 0 Å². The van der Waals surface area contributed by atoms with Gasteiger partial charge in [-0.25, -0.2) is 0 Å². The maximum Gasteiger partial charge on any atom is 0.309 e. The average Bonchev–Trinajstić information content (AvgIpc) is 2.64. The molecule has 6 heteroatoms. The Hall–Kier alpha value is -1.78. The number of nitrogens with zero attached hydrogens (tertiary/aromatic N) is 1. The molecule has 4 nitrogen and oxygen atoms in total. The maximum atomic E-state index is 12.4. The largest absolute Gasteiger partial charge is 0.481 e. The van der Waals surface area contributed by atoms with Gasteiger partial charge in [0.05, 0.1) is 11.4 Å². The molecule has 2 aromatic rings. The molecule has 0 bridgehead atoms. The zero-order valence-electron chi connectivity index (χ0n) is 10.6. The van der Waals surface area contributed by atoms with Crippen LogP contribution in [0.2, 0.25) is 10.0 Å². The summed E-state index contributed by atoms with van der Waals surface area (Å²) < 4.78 is 1.51. The summed E-state index contributed by atoms with van der Waals surface area (Å²) in [5.41, 5.74) is 1.18. The standard InChI is InChI=1S/C14H11Cl2NO3/c1-17-10(7-12(18)19)6-11(16)13(17)14(20)8-2-4-9(15)5-3-8/h2-6H,7H2,1H3,(H,18,19). The predicted molar refractivity (Wildman–Crippen MR) is 76.6 cm³/mol. The molecule has 1 aromatic carbocycles. The van der Waals surface area contributed by atoms with Gasteiger partial charge in [-0.1, -0.05) is 23.2 Å². The third-order valence-corrected chi connectivity index (χ3v) is 3.48. The lowest BCUT2D eigenvalue weighted by molar-refractivity contribution is -0.136. The van der Waals surface area contributed by atoms with Crippen molar-refractivity contribution in [1.82, 2.24) is 4.57 Å². The first-order chi connectivity index (χ1) is 9.40. The number of benzene rings is 1. The Morgan fingerprint density at radius 1 is 1.20 bits per heavy atom. The number of hydrogen-bond acceptors (Lipinski definition) is 2. The molecule has 0 aliphatic carbocycles. The predicted octanol–water partition coefficient (Wildman–Crippen LogP) is 3.19. The van der Waals surface area contributed by atoms with Gasteiger partial charge in [-0.2, -0.15) is 0 Å². The molecular formula is C14H11Cl2NO3. The van der Waals surface area contributed by atoms with E-state index in [0.717, 1.165) is 0 Å². The Morgan fingerprint density at radius 2 is 1.80 bits per heavy atom. The van der Waals surface area contributed by atoms with Gasteiger partial charge in [-0.15, -0.1) is 0 Å². The molecule has 0 unspecified atom stereocenters. The summed E-state index contributed by atoms with van der Waals surface area (Å²) >= 11 is 11.8. The fourth-order valence-corrected chi connectivity index (χ4v) is 2.40. The van der Waals surface area contributed by atoms with E-state index in [9.17, 15) is 9.59 Å². The molecule has 0 saturated carbocycles. The van der Waals surface area contributed by atoms with Gasteiger partial charge in [0.15, 0.2) is 0 Å². The van der Waals surface area contributed by atoms with Crippen molar-refractivity contribution >= 4 is 35.0 Å². The van der Waals surface area contributed by atoms with Crippen molar-refractivity contribution in [2.75, 3.05) is 0 Å². The monoisotopic (exact) mass is 311 g/mol. The Kier molecular flexibility index (Phi) is 4.16. The van der Waals surface area contributed by atoms with E-state index in [1.54, 1.807) is 31.3 Å². The van der Waals surface area contributed by atoms with Crippen LogP contribution in [0.1, 0.15) is 21.7 Å². The molecule has 0 aliphatic rings. The van der Waals surface area contributed by atoms with Crippen molar-refractivity contribution in [1.29, 1.82) is 0 Å². The highest BCUT2D eigenvalue weighted by Crippen LogP contribution is 2.24. The van der Waals surface area contributed by atoms with Crippen molar-refractivity contribution in [3.63, 3.8) is 0 Å². The van der Waals surface area contributed by atoms with Crippen LogP contribution in [-0.4, -0.2) is 21.4 Å². The van der Waals surface area contributed by atoms with Crippen LogP contribution in [0.25, 0.3) is 0 Å². The Bertz CT molecular complexity index is 674. The van der Waals surface area contributed by atoms with Gasteiger partial charge in [0.2, 0.25) is 5.78 Å². The molecule has 1 heterocycles. The summed E-state index contributed by atoms with van der Waals surface area (Å²) in [6.45, 7) is 0. The number of rotatable bonds is 4. The number of carboxylic acid groups (broad SMARTS) is 1. The summed E-state index contributed by atoms with van der Waals surface area (Å²) in [5, 5.41) is 9.59. The fraction of sp³-hybridized carbons (Fsp3) is 0.143. The van der Waals surface area contributed by atoms with Gasteiger partial charge >= 0.3 is 5.97 Å². The van der Waals surface area contributed by atoms with Gasteiger partial charge in [-0.05, 0) is 30.3 Å².